The van der Waals surface area contributed by atoms with Crippen LogP contribution >= 0.6 is 0 Å². The molecule has 0 spiro atoms. The second-order valence-electron chi connectivity index (χ2n) is 4.33. The first-order valence-electron chi connectivity index (χ1n) is 6.30. The Labute approximate surface area is 122 Å². The number of rotatable bonds is 4. The van der Waals surface area contributed by atoms with E-state index in [1.807, 2.05) is 0 Å². The van der Waals surface area contributed by atoms with Crippen molar-refractivity contribution in [1.82, 2.24) is 9.97 Å². The lowest BCUT2D eigenvalue weighted by molar-refractivity contribution is -0.137. The van der Waals surface area contributed by atoms with E-state index in [0.29, 0.717) is 12.1 Å². The molecule has 0 saturated carbocycles. The maximum Gasteiger partial charge on any atom is 0.416 e. The van der Waals surface area contributed by atoms with Crippen LogP contribution in [-0.2, 0) is 12.6 Å². The number of hydrogen-bond acceptors (Lipinski definition) is 3. The summed E-state index contributed by atoms with van der Waals surface area (Å²) in [6.45, 7) is 1.72. The van der Waals surface area contributed by atoms with Gasteiger partial charge in [-0.1, -0.05) is 6.92 Å². The van der Waals surface area contributed by atoms with Gasteiger partial charge < -0.3 is 4.74 Å². The van der Waals surface area contributed by atoms with Crippen LogP contribution in [0.25, 0.3) is 0 Å². The van der Waals surface area contributed by atoms with Gasteiger partial charge in [0.25, 0.3) is 6.43 Å². The van der Waals surface area contributed by atoms with E-state index in [9.17, 15) is 22.0 Å². The quantitative estimate of drug-likeness (QED) is 0.760. The zero-order valence-electron chi connectivity index (χ0n) is 11.4. The van der Waals surface area contributed by atoms with Gasteiger partial charge in [-0.3, -0.25) is 0 Å². The molecule has 118 valence electrons. The van der Waals surface area contributed by atoms with Crippen molar-refractivity contribution in [3.8, 4) is 11.6 Å². The smallest absolute Gasteiger partial charge is 0.416 e. The molecule has 0 N–H and O–H groups in total. The molecule has 2 aromatic rings. The summed E-state index contributed by atoms with van der Waals surface area (Å²) in [7, 11) is 0. The minimum Gasteiger partial charge on any atom is -0.439 e. The number of halogens is 5. The molecule has 0 bridgehead atoms. The molecular weight excluding hydrogens is 307 g/mol. The van der Waals surface area contributed by atoms with E-state index in [-0.39, 0.29) is 11.6 Å². The highest BCUT2D eigenvalue weighted by molar-refractivity contribution is 5.32. The molecule has 3 nitrogen and oxygen atoms in total. The number of ether oxygens (including phenoxy) is 1. The van der Waals surface area contributed by atoms with Crippen LogP contribution in [0.5, 0.6) is 11.6 Å². The van der Waals surface area contributed by atoms with Crippen molar-refractivity contribution >= 4 is 0 Å². The summed E-state index contributed by atoms with van der Waals surface area (Å²) < 4.78 is 67.9. The van der Waals surface area contributed by atoms with Gasteiger partial charge in [0.05, 0.1) is 5.56 Å². The van der Waals surface area contributed by atoms with Gasteiger partial charge in [-0.15, -0.1) is 0 Å². The van der Waals surface area contributed by atoms with E-state index in [1.165, 1.54) is 6.07 Å². The van der Waals surface area contributed by atoms with Gasteiger partial charge in [0, 0.05) is 11.8 Å². The predicted molar refractivity (Wildman–Crippen MR) is 67.9 cm³/mol. The monoisotopic (exact) mass is 318 g/mol. The van der Waals surface area contributed by atoms with Gasteiger partial charge in [0.1, 0.15) is 5.75 Å². The van der Waals surface area contributed by atoms with Gasteiger partial charge in [-0.05, 0) is 30.7 Å². The highest BCUT2D eigenvalue weighted by Gasteiger charge is 2.30. The lowest BCUT2D eigenvalue weighted by atomic mass is 10.2. The molecule has 2 rings (SSSR count). The van der Waals surface area contributed by atoms with E-state index in [0.717, 1.165) is 24.3 Å². The van der Waals surface area contributed by atoms with Gasteiger partial charge >= 0.3 is 6.18 Å². The van der Waals surface area contributed by atoms with E-state index in [2.05, 4.69) is 9.97 Å². The Hall–Kier alpha value is -2.25. The number of aromatic nitrogens is 2. The van der Waals surface area contributed by atoms with Crippen molar-refractivity contribution in [1.29, 1.82) is 0 Å². The second-order valence-corrected chi connectivity index (χ2v) is 4.33. The highest BCUT2D eigenvalue weighted by atomic mass is 19.4. The van der Waals surface area contributed by atoms with Crippen LogP contribution in [0.4, 0.5) is 22.0 Å². The SMILES string of the molecule is CCc1cc(Oc2ccc(C(F)(F)F)cc2)nc(C(F)F)n1. The molecule has 0 radical (unpaired) electrons. The van der Waals surface area contributed by atoms with Crippen molar-refractivity contribution in [3.05, 3.63) is 47.4 Å². The Morgan fingerprint density at radius 2 is 1.73 bits per heavy atom. The Balaban J connectivity index is 2.25. The zero-order chi connectivity index (χ0) is 16.3. The van der Waals surface area contributed by atoms with E-state index >= 15 is 0 Å². The summed E-state index contributed by atoms with van der Waals surface area (Å²) in [5.74, 6) is -0.753. The third-order valence-corrected chi connectivity index (χ3v) is 2.73. The van der Waals surface area contributed by atoms with Crippen LogP contribution in [0.3, 0.4) is 0 Å². The predicted octanol–water partition coefficient (Wildman–Crippen LogP) is 4.79. The number of benzene rings is 1. The normalized spacial score (nSPS) is 11.8. The molecular formula is C14H11F5N2O. The Morgan fingerprint density at radius 1 is 1.09 bits per heavy atom. The minimum absolute atomic E-state index is 0.0639. The first-order valence-corrected chi connectivity index (χ1v) is 6.30. The second kappa shape index (κ2) is 6.25. The molecule has 0 aliphatic heterocycles. The number of nitrogens with zero attached hydrogens (tertiary/aromatic N) is 2. The van der Waals surface area contributed by atoms with Crippen molar-refractivity contribution in [2.75, 3.05) is 0 Å². The molecule has 0 fully saturated rings. The minimum atomic E-state index is -4.45. The Bertz CT molecular complexity index is 641. The maximum absolute atomic E-state index is 12.7. The zero-order valence-corrected chi connectivity index (χ0v) is 11.4. The topological polar surface area (TPSA) is 35.0 Å². The molecule has 0 atom stereocenters. The van der Waals surface area contributed by atoms with Crippen LogP contribution in [0.1, 0.15) is 30.4 Å². The molecule has 0 aliphatic rings. The Morgan fingerprint density at radius 3 is 2.23 bits per heavy atom. The summed E-state index contributed by atoms with van der Waals surface area (Å²) in [5.41, 5.74) is -0.475. The van der Waals surface area contributed by atoms with Crippen LogP contribution < -0.4 is 4.74 Å². The number of hydrogen-bond donors (Lipinski definition) is 0. The lowest BCUT2D eigenvalue weighted by Crippen LogP contribution is -2.04. The van der Waals surface area contributed by atoms with Crippen LogP contribution in [0.2, 0.25) is 0 Å². The molecule has 1 aromatic carbocycles. The molecule has 0 aliphatic carbocycles. The van der Waals surface area contributed by atoms with Gasteiger partial charge in [-0.25, -0.2) is 13.8 Å². The average molecular weight is 318 g/mol. The molecule has 0 unspecified atom stereocenters. The highest BCUT2D eigenvalue weighted by Crippen LogP contribution is 2.31. The molecule has 0 saturated heterocycles. The van der Waals surface area contributed by atoms with Gasteiger partial charge in [-0.2, -0.15) is 18.2 Å². The third-order valence-electron chi connectivity index (χ3n) is 2.73. The van der Waals surface area contributed by atoms with Crippen LogP contribution in [0.15, 0.2) is 30.3 Å². The summed E-state index contributed by atoms with van der Waals surface area (Å²) in [5, 5.41) is 0. The standard InChI is InChI=1S/C14H11F5N2O/c1-2-9-7-11(21-13(20-9)12(15)16)22-10-5-3-8(4-6-10)14(17,18)19/h3-7,12H,2H2,1H3. The fraction of sp³-hybridized carbons (Fsp3) is 0.286. The molecule has 22 heavy (non-hydrogen) atoms. The number of aryl methyl sites for hydroxylation is 1. The van der Waals surface area contributed by atoms with Gasteiger partial charge in [0.2, 0.25) is 5.88 Å². The average Bonchev–Trinajstić information content (AvgIpc) is 2.46. The first kappa shape index (κ1) is 16.1. The summed E-state index contributed by atoms with van der Waals surface area (Å²) >= 11 is 0. The third kappa shape index (κ3) is 3.90. The molecule has 0 amide bonds. The summed E-state index contributed by atoms with van der Waals surface area (Å²) in [6, 6.07) is 5.23. The lowest BCUT2D eigenvalue weighted by Gasteiger charge is -2.10. The van der Waals surface area contributed by atoms with E-state index < -0.39 is 24.0 Å². The fourth-order valence-corrected chi connectivity index (χ4v) is 1.66. The van der Waals surface area contributed by atoms with E-state index in [4.69, 9.17) is 4.74 Å². The van der Waals surface area contributed by atoms with Crippen LogP contribution in [0, 0.1) is 0 Å². The molecule has 8 heteroatoms. The van der Waals surface area contributed by atoms with Crippen molar-refractivity contribution in [2.45, 2.75) is 25.9 Å². The van der Waals surface area contributed by atoms with E-state index in [1.54, 1.807) is 6.92 Å². The summed E-state index contributed by atoms with van der Waals surface area (Å²) in [6.07, 6.45) is -6.92. The maximum atomic E-state index is 12.7. The van der Waals surface area contributed by atoms with Crippen LogP contribution in [-0.4, -0.2) is 9.97 Å². The van der Waals surface area contributed by atoms with Crippen molar-refractivity contribution in [2.24, 2.45) is 0 Å². The van der Waals surface area contributed by atoms with Gasteiger partial charge in [0.15, 0.2) is 5.82 Å². The Kier molecular flexibility index (Phi) is 4.58. The molecule has 1 aromatic heterocycles. The largest absolute Gasteiger partial charge is 0.439 e. The van der Waals surface area contributed by atoms with Crippen molar-refractivity contribution < 1.29 is 26.7 Å². The first-order chi connectivity index (χ1) is 10.3. The fourth-order valence-electron chi connectivity index (χ4n) is 1.66. The summed E-state index contributed by atoms with van der Waals surface area (Å²) in [4.78, 5) is 7.19. The van der Waals surface area contributed by atoms with Crippen molar-refractivity contribution in [3.63, 3.8) is 0 Å². The number of alkyl halides is 5. The molecule has 1 heterocycles.